The van der Waals surface area contributed by atoms with E-state index in [1.165, 1.54) is 12.1 Å². The molecule has 0 spiro atoms. The SMILES string of the molecule is N/C(=N/O)C1(C(=O)Nc2cc(F)ccc2Cl)CCOCC1. The fourth-order valence-electron chi connectivity index (χ4n) is 2.25. The zero-order chi connectivity index (χ0) is 15.5. The second kappa shape index (κ2) is 6.28. The lowest BCUT2D eigenvalue weighted by Gasteiger charge is -2.34. The first-order chi connectivity index (χ1) is 9.99. The van der Waals surface area contributed by atoms with Crippen molar-refractivity contribution in [3.63, 3.8) is 0 Å². The number of anilines is 1. The van der Waals surface area contributed by atoms with Crippen LogP contribution in [0.4, 0.5) is 10.1 Å². The zero-order valence-electron chi connectivity index (χ0n) is 11.1. The van der Waals surface area contributed by atoms with E-state index in [-0.39, 0.29) is 29.4 Å². The van der Waals surface area contributed by atoms with Crippen LogP contribution in [0.15, 0.2) is 23.4 Å². The van der Waals surface area contributed by atoms with Crippen LogP contribution in [-0.2, 0) is 9.53 Å². The van der Waals surface area contributed by atoms with E-state index in [1.54, 1.807) is 0 Å². The van der Waals surface area contributed by atoms with Gasteiger partial charge in [-0.1, -0.05) is 16.8 Å². The third-order valence-electron chi connectivity index (χ3n) is 3.56. The molecule has 21 heavy (non-hydrogen) atoms. The van der Waals surface area contributed by atoms with Gasteiger partial charge in [0.1, 0.15) is 11.2 Å². The summed E-state index contributed by atoms with van der Waals surface area (Å²) < 4.78 is 18.4. The van der Waals surface area contributed by atoms with Gasteiger partial charge in [0.15, 0.2) is 5.84 Å². The Morgan fingerprint density at radius 3 is 2.76 bits per heavy atom. The van der Waals surface area contributed by atoms with Crippen LogP contribution < -0.4 is 11.1 Å². The Labute approximate surface area is 125 Å². The van der Waals surface area contributed by atoms with Gasteiger partial charge < -0.3 is 21.0 Å². The molecular formula is C13H15ClFN3O3. The molecule has 0 atom stereocenters. The number of ether oxygens (including phenoxy) is 1. The van der Waals surface area contributed by atoms with Gasteiger partial charge >= 0.3 is 0 Å². The van der Waals surface area contributed by atoms with E-state index in [2.05, 4.69) is 10.5 Å². The van der Waals surface area contributed by atoms with E-state index >= 15 is 0 Å². The van der Waals surface area contributed by atoms with Gasteiger partial charge in [-0.05, 0) is 31.0 Å². The summed E-state index contributed by atoms with van der Waals surface area (Å²) >= 11 is 5.92. The van der Waals surface area contributed by atoms with E-state index in [1.807, 2.05) is 0 Å². The Morgan fingerprint density at radius 2 is 2.14 bits per heavy atom. The van der Waals surface area contributed by atoms with E-state index in [0.717, 1.165) is 6.07 Å². The van der Waals surface area contributed by atoms with Crippen LogP contribution in [0.25, 0.3) is 0 Å². The van der Waals surface area contributed by atoms with Gasteiger partial charge in [0.25, 0.3) is 0 Å². The first-order valence-electron chi connectivity index (χ1n) is 6.32. The van der Waals surface area contributed by atoms with Crippen molar-refractivity contribution in [3.05, 3.63) is 29.0 Å². The van der Waals surface area contributed by atoms with Crippen LogP contribution in [0, 0.1) is 11.2 Å². The number of benzene rings is 1. The van der Waals surface area contributed by atoms with Crippen molar-refractivity contribution in [2.45, 2.75) is 12.8 Å². The summed E-state index contributed by atoms with van der Waals surface area (Å²) in [6.45, 7) is 0.612. The van der Waals surface area contributed by atoms with Crippen molar-refractivity contribution in [3.8, 4) is 0 Å². The largest absolute Gasteiger partial charge is 0.409 e. The molecule has 114 valence electrons. The molecule has 2 rings (SSSR count). The minimum Gasteiger partial charge on any atom is -0.409 e. The maximum Gasteiger partial charge on any atom is 0.238 e. The number of rotatable bonds is 3. The van der Waals surface area contributed by atoms with E-state index < -0.39 is 17.1 Å². The monoisotopic (exact) mass is 315 g/mol. The molecule has 1 amide bonds. The summed E-state index contributed by atoms with van der Waals surface area (Å²) in [5.41, 5.74) is 4.63. The summed E-state index contributed by atoms with van der Waals surface area (Å²) in [7, 11) is 0. The fourth-order valence-corrected chi connectivity index (χ4v) is 2.42. The number of nitrogens with zero attached hydrogens (tertiary/aromatic N) is 1. The smallest absolute Gasteiger partial charge is 0.238 e. The average molecular weight is 316 g/mol. The van der Waals surface area contributed by atoms with Crippen LogP contribution in [0.5, 0.6) is 0 Å². The van der Waals surface area contributed by atoms with Crippen molar-refractivity contribution in [1.29, 1.82) is 0 Å². The first kappa shape index (κ1) is 15.5. The predicted octanol–water partition coefficient (Wildman–Crippen LogP) is 1.96. The van der Waals surface area contributed by atoms with Crippen molar-refractivity contribution in [2.75, 3.05) is 18.5 Å². The number of hydrogen-bond acceptors (Lipinski definition) is 4. The number of carbonyl (C=O) groups is 1. The lowest BCUT2D eigenvalue weighted by molar-refractivity contribution is -0.126. The molecule has 1 aliphatic rings. The number of carbonyl (C=O) groups excluding carboxylic acids is 1. The Bertz CT molecular complexity index is 574. The highest BCUT2D eigenvalue weighted by atomic mass is 35.5. The molecule has 0 saturated carbocycles. The number of amides is 1. The molecule has 0 radical (unpaired) electrons. The van der Waals surface area contributed by atoms with Crippen molar-refractivity contribution in [2.24, 2.45) is 16.3 Å². The van der Waals surface area contributed by atoms with E-state index in [0.29, 0.717) is 13.2 Å². The van der Waals surface area contributed by atoms with Gasteiger partial charge in [0.05, 0.1) is 10.7 Å². The maximum absolute atomic E-state index is 13.2. The molecule has 1 saturated heterocycles. The number of hydrogen-bond donors (Lipinski definition) is 3. The molecule has 8 heteroatoms. The molecule has 6 nitrogen and oxygen atoms in total. The highest BCUT2D eigenvalue weighted by molar-refractivity contribution is 6.34. The van der Waals surface area contributed by atoms with Crippen LogP contribution in [0.3, 0.4) is 0 Å². The van der Waals surface area contributed by atoms with Gasteiger partial charge in [-0.2, -0.15) is 0 Å². The second-order valence-corrected chi connectivity index (χ2v) is 5.17. The molecule has 1 fully saturated rings. The van der Waals surface area contributed by atoms with Crippen LogP contribution in [0.2, 0.25) is 5.02 Å². The number of amidine groups is 1. The highest BCUT2D eigenvalue weighted by Gasteiger charge is 2.44. The van der Waals surface area contributed by atoms with Gasteiger partial charge in [-0.25, -0.2) is 4.39 Å². The number of oxime groups is 1. The van der Waals surface area contributed by atoms with E-state index in [9.17, 15) is 9.18 Å². The van der Waals surface area contributed by atoms with Gasteiger partial charge in [-0.3, -0.25) is 4.79 Å². The van der Waals surface area contributed by atoms with Gasteiger partial charge in [-0.15, -0.1) is 0 Å². The number of nitrogens with one attached hydrogen (secondary N) is 1. The Kier molecular flexibility index (Phi) is 4.64. The third-order valence-corrected chi connectivity index (χ3v) is 3.89. The molecule has 0 aromatic heterocycles. The molecule has 1 heterocycles. The highest BCUT2D eigenvalue weighted by Crippen LogP contribution is 2.33. The molecule has 1 aromatic carbocycles. The average Bonchev–Trinajstić information content (AvgIpc) is 2.50. The van der Waals surface area contributed by atoms with Crippen molar-refractivity contribution in [1.82, 2.24) is 0 Å². The Morgan fingerprint density at radius 1 is 1.48 bits per heavy atom. The van der Waals surface area contributed by atoms with Crippen LogP contribution in [-0.4, -0.2) is 30.2 Å². The minimum atomic E-state index is -1.19. The van der Waals surface area contributed by atoms with E-state index in [4.69, 9.17) is 27.3 Å². The number of halogens is 2. The van der Waals surface area contributed by atoms with Crippen LogP contribution in [0.1, 0.15) is 12.8 Å². The Balaban J connectivity index is 2.29. The third kappa shape index (κ3) is 3.08. The standard InChI is InChI=1S/C13H15ClFN3O3/c14-9-2-1-8(15)7-10(9)17-12(19)13(11(16)18-20)3-5-21-6-4-13/h1-2,7,20H,3-6H2,(H2,16,18)(H,17,19). The molecule has 0 unspecified atom stereocenters. The minimum absolute atomic E-state index is 0.137. The molecule has 1 aromatic rings. The zero-order valence-corrected chi connectivity index (χ0v) is 11.9. The molecule has 0 aliphatic carbocycles. The summed E-state index contributed by atoms with van der Waals surface area (Å²) in [4.78, 5) is 12.5. The fraction of sp³-hybridized carbons (Fsp3) is 0.385. The number of nitrogens with two attached hydrogens (primary N) is 1. The normalized spacial score (nSPS) is 18.3. The lowest BCUT2D eigenvalue weighted by Crippen LogP contribution is -2.50. The molecule has 0 bridgehead atoms. The maximum atomic E-state index is 13.2. The summed E-state index contributed by atoms with van der Waals surface area (Å²) in [5.74, 6) is -1.23. The summed E-state index contributed by atoms with van der Waals surface area (Å²) in [5, 5.41) is 14.6. The second-order valence-electron chi connectivity index (χ2n) is 4.76. The quantitative estimate of drug-likeness (QED) is 0.344. The van der Waals surface area contributed by atoms with Crippen LogP contribution >= 0.6 is 11.6 Å². The molecule has 4 N–H and O–H groups in total. The van der Waals surface area contributed by atoms with Crippen molar-refractivity contribution < 1.29 is 19.1 Å². The first-order valence-corrected chi connectivity index (χ1v) is 6.69. The predicted molar refractivity (Wildman–Crippen MR) is 75.9 cm³/mol. The molecular weight excluding hydrogens is 301 g/mol. The topological polar surface area (TPSA) is 96.9 Å². The molecule has 1 aliphatic heterocycles. The summed E-state index contributed by atoms with van der Waals surface area (Å²) in [6, 6.07) is 3.64. The Hall–Kier alpha value is -1.86. The van der Waals surface area contributed by atoms with Gasteiger partial charge in [0, 0.05) is 13.2 Å². The summed E-state index contributed by atoms with van der Waals surface area (Å²) in [6.07, 6.45) is 0.531. The van der Waals surface area contributed by atoms with Gasteiger partial charge in [0.2, 0.25) is 5.91 Å². The lowest BCUT2D eigenvalue weighted by atomic mass is 9.78. The van der Waals surface area contributed by atoms with Crippen molar-refractivity contribution >= 4 is 29.0 Å².